The summed E-state index contributed by atoms with van der Waals surface area (Å²) in [6, 6.07) is -0.233. The summed E-state index contributed by atoms with van der Waals surface area (Å²) in [5, 5.41) is 8.53. The number of imide groups is 1. The molecule has 13 heavy (non-hydrogen) atoms. The third-order valence-corrected chi connectivity index (χ3v) is 2.02. The van der Waals surface area contributed by atoms with E-state index in [2.05, 4.69) is 0 Å². The highest BCUT2D eigenvalue weighted by Gasteiger charge is 2.32. The van der Waals surface area contributed by atoms with E-state index in [0.717, 1.165) is 0 Å². The van der Waals surface area contributed by atoms with E-state index in [-0.39, 0.29) is 25.1 Å². The molecule has 0 unspecified atom stereocenters. The highest BCUT2D eigenvalue weighted by molar-refractivity contribution is 6.01. The molecule has 74 valence electrons. The van der Waals surface area contributed by atoms with Crippen LogP contribution in [0.25, 0.3) is 0 Å². The van der Waals surface area contributed by atoms with Crippen molar-refractivity contribution in [1.82, 2.24) is 9.80 Å². The number of aliphatic hydroxyl groups excluding tert-OH is 1. The van der Waals surface area contributed by atoms with Crippen LogP contribution in [0, 0.1) is 0 Å². The summed E-state index contributed by atoms with van der Waals surface area (Å²) >= 11 is 0. The Bertz CT molecular complexity index is 217. The molecule has 0 radical (unpaired) electrons. The highest BCUT2D eigenvalue weighted by atomic mass is 16.3. The lowest BCUT2D eigenvalue weighted by molar-refractivity contribution is -0.125. The Hall–Kier alpha value is -1.10. The Morgan fingerprint density at radius 3 is 2.54 bits per heavy atom. The number of hydrogen-bond donors (Lipinski definition) is 1. The first-order chi connectivity index (χ1) is 6.16. The SMILES string of the molecule is CN1CC(=O)N(CCCCO)C1=O. The number of carbonyl (C=O) groups is 2. The van der Waals surface area contributed by atoms with Gasteiger partial charge in [0.2, 0.25) is 5.91 Å². The fourth-order valence-corrected chi connectivity index (χ4v) is 1.27. The van der Waals surface area contributed by atoms with E-state index >= 15 is 0 Å². The Labute approximate surface area is 76.9 Å². The molecule has 1 aliphatic heterocycles. The van der Waals surface area contributed by atoms with Crippen LogP contribution >= 0.6 is 0 Å². The van der Waals surface area contributed by atoms with E-state index in [1.807, 2.05) is 0 Å². The fraction of sp³-hybridized carbons (Fsp3) is 0.750. The number of nitrogens with zero attached hydrogens (tertiary/aromatic N) is 2. The van der Waals surface area contributed by atoms with Crippen LogP contribution in [0.3, 0.4) is 0 Å². The maximum absolute atomic E-state index is 11.3. The predicted octanol–water partition coefficient (Wildman–Crippen LogP) is -0.347. The minimum Gasteiger partial charge on any atom is -0.396 e. The van der Waals surface area contributed by atoms with Crippen LogP contribution in [-0.4, -0.2) is 53.6 Å². The largest absolute Gasteiger partial charge is 0.396 e. The molecule has 0 atom stereocenters. The molecule has 1 heterocycles. The van der Waals surface area contributed by atoms with Gasteiger partial charge in [-0.3, -0.25) is 9.69 Å². The predicted molar refractivity (Wildman–Crippen MR) is 46.1 cm³/mol. The molecule has 1 saturated heterocycles. The minimum atomic E-state index is -0.233. The number of unbranched alkanes of at least 4 members (excludes halogenated alkanes) is 1. The van der Waals surface area contributed by atoms with E-state index in [4.69, 9.17) is 5.11 Å². The van der Waals surface area contributed by atoms with Gasteiger partial charge in [-0.25, -0.2) is 4.79 Å². The highest BCUT2D eigenvalue weighted by Crippen LogP contribution is 2.08. The molecular weight excluding hydrogens is 172 g/mol. The van der Waals surface area contributed by atoms with E-state index < -0.39 is 0 Å². The van der Waals surface area contributed by atoms with Gasteiger partial charge in [-0.2, -0.15) is 0 Å². The number of hydrogen-bond acceptors (Lipinski definition) is 3. The van der Waals surface area contributed by atoms with Gasteiger partial charge in [0.05, 0.1) is 0 Å². The molecule has 1 rings (SSSR count). The Balaban J connectivity index is 2.40. The maximum atomic E-state index is 11.3. The Kier molecular flexibility index (Phi) is 3.25. The summed E-state index contributed by atoms with van der Waals surface area (Å²) in [6.45, 7) is 0.701. The van der Waals surface area contributed by atoms with Gasteiger partial charge in [0.25, 0.3) is 0 Å². The molecule has 5 heteroatoms. The van der Waals surface area contributed by atoms with Crippen molar-refractivity contribution in [2.24, 2.45) is 0 Å². The smallest absolute Gasteiger partial charge is 0.326 e. The Morgan fingerprint density at radius 1 is 1.38 bits per heavy atom. The zero-order valence-electron chi connectivity index (χ0n) is 7.69. The second-order valence-corrected chi connectivity index (χ2v) is 3.11. The lowest BCUT2D eigenvalue weighted by Gasteiger charge is -2.12. The first-order valence-corrected chi connectivity index (χ1v) is 4.33. The second kappa shape index (κ2) is 4.23. The molecule has 0 spiro atoms. The monoisotopic (exact) mass is 186 g/mol. The molecule has 0 aliphatic carbocycles. The summed E-state index contributed by atoms with van der Waals surface area (Å²) in [7, 11) is 1.60. The number of likely N-dealkylation sites (N-methyl/N-ethyl adjacent to an activating group) is 1. The molecule has 0 aromatic carbocycles. The van der Waals surface area contributed by atoms with Crippen molar-refractivity contribution in [3.05, 3.63) is 0 Å². The zero-order valence-corrected chi connectivity index (χ0v) is 7.69. The number of rotatable bonds is 4. The zero-order chi connectivity index (χ0) is 9.84. The fourth-order valence-electron chi connectivity index (χ4n) is 1.27. The summed E-state index contributed by atoms with van der Waals surface area (Å²) in [4.78, 5) is 25.1. The van der Waals surface area contributed by atoms with Crippen LogP contribution in [-0.2, 0) is 4.79 Å². The minimum absolute atomic E-state index is 0.103. The van der Waals surface area contributed by atoms with Crippen LogP contribution in [0.1, 0.15) is 12.8 Å². The lowest BCUT2D eigenvalue weighted by atomic mass is 10.3. The van der Waals surface area contributed by atoms with Crippen LogP contribution in [0.5, 0.6) is 0 Å². The number of carbonyl (C=O) groups excluding carboxylic acids is 2. The second-order valence-electron chi connectivity index (χ2n) is 3.11. The van der Waals surface area contributed by atoms with Crippen LogP contribution in [0.4, 0.5) is 4.79 Å². The van der Waals surface area contributed by atoms with Gasteiger partial charge in [-0.05, 0) is 12.8 Å². The van der Waals surface area contributed by atoms with Crippen LogP contribution < -0.4 is 0 Å². The molecule has 1 N–H and O–H groups in total. The molecule has 1 aliphatic rings. The number of amides is 3. The normalized spacial score (nSPS) is 17.4. The average Bonchev–Trinajstić information content (AvgIpc) is 2.32. The van der Waals surface area contributed by atoms with E-state index in [0.29, 0.717) is 19.4 Å². The van der Waals surface area contributed by atoms with Gasteiger partial charge >= 0.3 is 6.03 Å². The van der Waals surface area contributed by atoms with E-state index in [9.17, 15) is 9.59 Å². The van der Waals surface area contributed by atoms with Crippen molar-refractivity contribution in [3.8, 4) is 0 Å². The van der Waals surface area contributed by atoms with Crippen molar-refractivity contribution in [2.45, 2.75) is 12.8 Å². The Morgan fingerprint density at radius 2 is 2.08 bits per heavy atom. The van der Waals surface area contributed by atoms with Gasteiger partial charge < -0.3 is 10.0 Å². The maximum Gasteiger partial charge on any atom is 0.326 e. The number of aliphatic hydroxyl groups is 1. The molecule has 5 nitrogen and oxygen atoms in total. The van der Waals surface area contributed by atoms with E-state index in [1.54, 1.807) is 7.05 Å². The standard InChI is InChI=1S/C8H14N2O3/c1-9-6-7(12)10(8(9)13)4-2-3-5-11/h11H,2-6H2,1H3. The van der Waals surface area contributed by atoms with Crippen LogP contribution in [0.15, 0.2) is 0 Å². The van der Waals surface area contributed by atoms with Gasteiger partial charge in [-0.1, -0.05) is 0 Å². The first-order valence-electron chi connectivity index (χ1n) is 4.33. The first kappa shape index (κ1) is 9.98. The van der Waals surface area contributed by atoms with Crippen molar-refractivity contribution in [1.29, 1.82) is 0 Å². The summed E-state index contributed by atoms with van der Waals surface area (Å²) in [5.74, 6) is -0.148. The summed E-state index contributed by atoms with van der Waals surface area (Å²) in [5.41, 5.74) is 0. The van der Waals surface area contributed by atoms with Crippen molar-refractivity contribution < 1.29 is 14.7 Å². The average molecular weight is 186 g/mol. The van der Waals surface area contributed by atoms with Crippen molar-refractivity contribution >= 4 is 11.9 Å². The molecule has 0 bridgehead atoms. The lowest BCUT2D eigenvalue weighted by Crippen LogP contribution is -2.32. The van der Waals surface area contributed by atoms with Crippen molar-refractivity contribution in [2.75, 3.05) is 26.7 Å². The van der Waals surface area contributed by atoms with E-state index in [1.165, 1.54) is 9.80 Å². The molecule has 0 aromatic rings. The molecule has 1 fully saturated rings. The quantitative estimate of drug-likeness (QED) is 0.482. The summed E-state index contributed by atoms with van der Waals surface area (Å²) < 4.78 is 0. The molecule has 3 amide bonds. The van der Waals surface area contributed by atoms with Gasteiger partial charge in [0.15, 0.2) is 0 Å². The molecule has 0 aromatic heterocycles. The van der Waals surface area contributed by atoms with Gasteiger partial charge in [-0.15, -0.1) is 0 Å². The van der Waals surface area contributed by atoms with Gasteiger partial charge in [0.1, 0.15) is 6.54 Å². The molecule has 0 saturated carbocycles. The summed E-state index contributed by atoms with van der Waals surface area (Å²) in [6.07, 6.45) is 1.29. The van der Waals surface area contributed by atoms with Crippen molar-refractivity contribution in [3.63, 3.8) is 0 Å². The number of urea groups is 1. The third-order valence-electron chi connectivity index (χ3n) is 2.02. The molecular formula is C8H14N2O3. The van der Waals surface area contributed by atoms with Gasteiger partial charge in [0, 0.05) is 20.2 Å². The third kappa shape index (κ3) is 2.18. The topological polar surface area (TPSA) is 60.9 Å². The van der Waals surface area contributed by atoms with Crippen LogP contribution in [0.2, 0.25) is 0 Å².